The monoisotopic (exact) mass is 298 g/mol. The van der Waals surface area contributed by atoms with Crippen LogP contribution in [0.5, 0.6) is 11.5 Å². The van der Waals surface area contributed by atoms with E-state index in [9.17, 15) is 4.79 Å². The fraction of sp³-hybridized carbons (Fsp3) is 0.278. The van der Waals surface area contributed by atoms with Gasteiger partial charge in [-0.1, -0.05) is 36.4 Å². The van der Waals surface area contributed by atoms with Crippen molar-refractivity contribution in [3.05, 3.63) is 59.7 Å². The third-order valence-corrected chi connectivity index (χ3v) is 3.74. The molecule has 0 spiro atoms. The van der Waals surface area contributed by atoms with Crippen LogP contribution < -0.4 is 9.47 Å². The van der Waals surface area contributed by atoms with Gasteiger partial charge in [0.1, 0.15) is 17.6 Å². The van der Waals surface area contributed by atoms with Crippen LogP contribution >= 0.6 is 0 Å². The minimum Gasteiger partial charge on any atom is -0.487 e. The summed E-state index contributed by atoms with van der Waals surface area (Å²) in [6, 6.07) is 15.6. The van der Waals surface area contributed by atoms with Crippen LogP contribution in [0.25, 0.3) is 0 Å². The van der Waals surface area contributed by atoms with Crippen LogP contribution in [0.1, 0.15) is 11.1 Å². The minimum absolute atomic E-state index is 0.0209. The SMILES string of the molecule is O=CC1Cc2ccccc2O1.OCC1Cc2ccccc2O1. The number of aldehydes is 1. The first-order chi connectivity index (χ1) is 10.8. The van der Waals surface area contributed by atoms with Gasteiger partial charge in [0.25, 0.3) is 0 Å². The molecule has 2 unspecified atom stereocenters. The Labute approximate surface area is 129 Å². The Kier molecular flexibility index (Phi) is 4.39. The van der Waals surface area contributed by atoms with Gasteiger partial charge in [-0.05, 0) is 23.3 Å². The van der Waals surface area contributed by atoms with Crippen molar-refractivity contribution in [2.75, 3.05) is 6.61 Å². The number of aliphatic hydroxyl groups is 1. The van der Waals surface area contributed by atoms with Crippen molar-refractivity contribution in [3.8, 4) is 11.5 Å². The average molecular weight is 298 g/mol. The zero-order valence-electron chi connectivity index (χ0n) is 12.1. The predicted molar refractivity (Wildman–Crippen MR) is 82.3 cm³/mol. The summed E-state index contributed by atoms with van der Waals surface area (Å²) in [5.74, 6) is 1.77. The molecule has 0 saturated carbocycles. The fourth-order valence-electron chi connectivity index (χ4n) is 2.64. The van der Waals surface area contributed by atoms with Crippen LogP contribution in [-0.2, 0) is 17.6 Å². The number of hydrogen-bond donors (Lipinski definition) is 1. The lowest BCUT2D eigenvalue weighted by Gasteiger charge is -2.04. The second kappa shape index (κ2) is 6.62. The molecule has 4 heteroatoms. The van der Waals surface area contributed by atoms with Crippen LogP contribution in [0.2, 0.25) is 0 Å². The van der Waals surface area contributed by atoms with Gasteiger partial charge in [-0.2, -0.15) is 0 Å². The van der Waals surface area contributed by atoms with Gasteiger partial charge in [-0.25, -0.2) is 0 Å². The summed E-state index contributed by atoms with van der Waals surface area (Å²) >= 11 is 0. The summed E-state index contributed by atoms with van der Waals surface area (Å²) in [7, 11) is 0. The van der Waals surface area contributed by atoms with Crippen LogP contribution in [0.15, 0.2) is 48.5 Å². The van der Waals surface area contributed by atoms with Crippen molar-refractivity contribution in [1.82, 2.24) is 0 Å². The molecule has 4 nitrogen and oxygen atoms in total. The normalized spacial score (nSPS) is 20.8. The molecule has 2 aliphatic heterocycles. The van der Waals surface area contributed by atoms with Crippen molar-refractivity contribution in [2.24, 2.45) is 0 Å². The van der Waals surface area contributed by atoms with Gasteiger partial charge in [0.05, 0.1) is 6.61 Å². The maximum absolute atomic E-state index is 10.4. The molecule has 2 aromatic carbocycles. The van der Waals surface area contributed by atoms with Gasteiger partial charge >= 0.3 is 0 Å². The zero-order valence-corrected chi connectivity index (χ0v) is 12.1. The molecule has 0 aromatic heterocycles. The first-order valence-electron chi connectivity index (χ1n) is 7.35. The van der Waals surface area contributed by atoms with E-state index in [-0.39, 0.29) is 18.8 Å². The van der Waals surface area contributed by atoms with Crippen molar-refractivity contribution in [2.45, 2.75) is 25.0 Å². The van der Waals surface area contributed by atoms with Gasteiger partial charge in [0, 0.05) is 12.8 Å². The lowest BCUT2D eigenvalue weighted by atomic mass is 10.1. The molecule has 2 heterocycles. The van der Waals surface area contributed by atoms with Crippen molar-refractivity contribution in [1.29, 1.82) is 0 Å². The van der Waals surface area contributed by atoms with Crippen LogP contribution in [0.4, 0.5) is 0 Å². The number of carbonyl (C=O) groups is 1. The number of para-hydroxylation sites is 2. The Morgan fingerprint density at radius 2 is 1.55 bits per heavy atom. The number of hydrogen-bond acceptors (Lipinski definition) is 4. The first-order valence-corrected chi connectivity index (χ1v) is 7.35. The Bertz CT molecular complexity index is 603. The number of aliphatic hydroxyl groups excluding tert-OH is 1. The Balaban J connectivity index is 0.000000131. The quantitative estimate of drug-likeness (QED) is 0.863. The molecule has 0 aliphatic carbocycles. The molecule has 22 heavy (non-hydrogen) atoms. The Morgan fingerprint density at radius 1 is 0.955 bits per heavy atom. The largest absolute Gasteiger partial charge is 0.487 e. The highest BCUT2D eigenvalue weighted by molar-refractivity contribution is 5.60. The van der Waals surface area contributed by atoms with E-state index in [1.165, 1.54) is 5.56 Å². The zero-order chi connectivity index (χ0) is 15.4. The van der Waals surface area contributed by atoms with Crippen LogP contribution in [0.3, 0.4) is 0 Å². The van der Waals surface area contributed by atoms with E-state index in [1.54, 1.807) is 0 Å². The summed E-state index contributed by atoms with van der Waals surface area (Å²) < 4.78 is 10.7. The lowest BCUT2D eigenvalue weighted by Crippen LogP contribution is -2.17. The average Bonchev–Trinajstić information content (AvgIpc) is 3.18. The van der Waals surface area contributed by atoms with E-state index in [2.05, 4.69) is 0 Å². The maximum Gasteiger partial charge on any atom is 0.160 e. The van der Waals surface area contributed by atoms with Crippen LogP contribution in [-0.4, -0.2) is 30.2 Å². The van der Waals surface area contributed by atoms with Gasteiger partial charge in [-0.3, -0.25) is 4.79 Å². The topological polar surface area (TPSA) is 55.8 Å². The Morgan fingerprint density at radius 3 is 2.09 bits per heavy atom. The molecule has 2 aromatic rings. The number of fused-ring (bicyclic) bond motifs is 2. The standard InChI is InChI=1S/C9H10O2.C9H8O2/c2*10-6-8-5-7-3-1-2-4-9(7)11-8/h1-4,8,10H,5-6H2;1-4,6,8H,5H2. The van der Waals surface area contributed by atoms with Crippen LogP contribution in [0, 0.1) is 0 Å². The summed E-state index contributed by atoms with van der Waals surface area (Å²) in [4.78, 5) is 10.4. The third-order valence-electron chi connectivity index (χ3n) is 3.74. The molecule has 0 fully saturated rings. The molecule has 4 rings (SSSR count). The highest BCUT2D eigenvalue weighted by atomic mass is 16.5. The molecule has 114 valence electrons. The van der Waals surface area contributed by atoms with Gasteiger partial charge in [0.2, 0.25) is 0 Å². The smallest absolute Gasteiger partial charge is 0.160 e. The van der Waals surface area contributed by atoms with E-state index in [4.69, 9.17) is 14.6 Å². The molecule has 0 amide bonds. The summed E-state index contributed by atoms with van der Waals surface area (Å²) in [5.41, 5.74) is 2.33. The molecule has 2 atom stereocenters. The minimum atomic E-state index is -0.257. The van der Waals surface area contributed by atoms with Gasteiger partial charge in [0.15, 0.2) is 12.4 Å². The summed E-state index contributed by atoms with van der Waals surface area (Å²) in [6.07, 6.45) is 2.13. The maximum atomic E-state index is 10.4. The second-order valence-electron chi connectivity index (χ2n) is 5.34. The number of ether oxygens (including phenoxy) is 2. The van der Waals surface area contributed by atoms with E-state index in [0.717, 1.165) is 36.2 Å². The number of carbonyl (C=O) groups excluding carboxylic acids is 1. The first kappa shape index (κ1) is 14.6. The van der Waals surface area contributed by atoms with Crippen molar-refractivity contribution < 1.29 is 19.4 Å². The molecular weight excluding hydrogens is 280 g/mol. The van der Waals surface area contributed by atoms with Crippen molar-refractivity contribution >= 4 is 6.29 Å². The predicted octanol–water partition coefficient (Wildman–Crippen LogP) is 2.17. The highest BCUT2D eigenvalue weighted by Crippen LogP contribution is 2.28. The summed E-state index contributed by atoms with van der Waals surface area (Å²) in [6.45, 7) is 0.106. The third kappa shape index (κ3) is 3.12. The molecule has 0 saturated heterocycles. The van der Waals surface area contributed by atoms with E-state index in [0.29, 0.717) is 0 Å². The number of rotatable bonds is 2. The highest BCUT2D eigenvalue weighted by Gasteiger charge is 2.21. The van der Waals surface area contributed by atoms with Crippen molar-refractivity contribution in [3.63, 3.8) is 0 Å². The molecule has 0 bridgehead atoms. The fourth-order valence-corrected chi connectivity index (χ4v) is 2.64. The van der Waals surface area contributed by atoms with E-state index in [1.807, 2.05) is 48.5 Å². The molecule has 0 radical (unpaired) electrons. The van der Waals surface area contributed by atoms with E-state index >= 15 is 0 Å². The lowest BCUT2D eigenvalue weighted by molar-refractivity contribution is -0.113. The molecular formula is C18H18O4. The van der Waals surface area contributed by atoms with Gasteiger partial charge < -0.3 is 14.6 Å². The second-order valence-corrected chi connectivity index (χ2v) is 5.34. The molecule has 1 N–H and O–H groups in total. The Hall–Kier alpha value is -2.33. The van der Waals surface area contributed by atoms with E-state index < -0.39 is 0 Å². The number of benzene rings is 2. The molecule has 2 aliphatic rings. The van der Waals surface area contributed by atoms with Gasteiger partial charge in [-0.15, -0.1) is 0 Å². The summed E-state index contributed by atoms with van der Waals surface area (Å²) in [5, 5.41) is 8.81.